The zero-order valence-corrected chi connectivity index (χ0v) is 10.7. The first kappa shape index (κ1) is 14.2. The van der Waals surface area contributed by atoms with Crippen LogP contribution in [-0.2, 0) is 0 Å². The van der Waals surface area contributed by atoms with Gasteiger partial charge in [-0.25, -0.2) is 0 Å². The molecule has 1 unspecified atom stereocenters. The molecule has 3 N–H and O–H groups in total. The van der Waals surface area contributed by atoms with Crippen molar-refractivity contribution in [2.75, 3.05) is 32.8 Å². The van der Waals surface area contributed by atoms with E-state index in [2.05, 4.69) is 36.1 Å². The van der Waals surface area contributed by atoms with E-state index in [1.807, 2.05) is 6.07 Å². The van der Waals surface area contributed by atoms with Crippen LogP contribution in [0.3, 0.4) is 0 Å². The molecule has 1 aromatic carbocycles. The number of aliphatic hydroxyl groups excluding tert-OH is 1. The SMILES string of the molecule is CCN(CCCO)CC(CN)c1ccccc1. The van der Waals surface area contributed by atoms with E-state index >= 15 is 0 Å². The third-order valence-electron chi connectivity index (χ3n) is 3.11. The molecule has 3 nitrogen and oxygen atoms in total. The summed E-state index contributed by atoms with van der Waals surface area (Å²) in [6.07, 6.45) is 0.833. The van der Waals surface area contributed by atoms with Crippen molar-refractivity contribution in [2.45, 2.75) is 19.3 Å². The molecule has 0 saturated carbocycles. The van der Waals surface area contributed by atoms with Crippen LogP contribution < -0.4 is 5.73 Å². The third-order valence-corrected chi connectivity index (χ3v) is 3.11. The quantitative estimate of drug-likeness (QED) is 0.718. The number of hydrogen-bond donors (Lipinski definition) is 2. The zero-order chi connectivity index (χ0) is 12.5. The molecule has 3 heteroatoms. The number of nitrogens with zero attached hydrogens (tertiary/aromatic N) is 1. The van der Waals surface area contributed by atoms with Gasteiger partial charge in [-0.05, 0) is 18.5 Å². The van der Waals surface area contributed by atoms with Crippen molar-refractivity contribution >= 4 is 0 Å². The minimum Gasteiger partial charge on any atom is -0.396 e. The first-order valence-corrected chi connectivity index (χ1v) is 6.40. The van der Waals surface area contributed by atoms with Gasteiger partial charge in [-0.3, -0.25) is 0 Å². The Balaban J connectivity index is 2.56. The summed E-state index contributed by atoms with van der Waals surface area (Å²) in [5, 5.41) is 8.87. The topological polar surface area (TPSA) is 49.5 Å². The van der Waals surface area contributed by atoms with Gasteiger partial charge in [0.1, 0.15) is 0 Å². The molecular weight excluding hydrogens is 212 g/mol. The van der Waals surface area contributed by atoms with Gasteiger partial charge in [-0.1, -0.05) is 37.3 Å². The summed E-state index contributed by atoms with van der Waals surface area (Å²) in [6.45, 7) is 5.99. The Labute approximate surface area is 104 Å². The van der Waals surface area contributed by atoms with E-state index in [1.165, 1.54) is 5.56 Å². The smallest absolute Gasteiger partial charge is 0.0443 e. The molecule has 0 aliphatic heterocycles. The van der Waals surface area contributed by atoms with Gasteiger partial charge < -0.3 is 15.7 Å². The van der Waals surface area contributed by atoms with E-state index in [0.29, 0.717) is 12.5 Å². The first-order chi connectivity index (χ1) is 8.31. The van der Waals surface area contributed by atoms with Gasteiger partial charge in [0.25, 0.3) is 0 Å². The fraction of sp³-hybridized carbons (Fsp3) is 0.571. The molecule has 0 fully saturated rings. The highest BCUT2D eigenvalue weighted by Gasteiger charge is 2.13. The molecule has 0 bridgehead atoms. The second-order valence-corrected chi connectivity index (χ2v) is 4.31. The summed E-state index contributed by atoms with van der Waals surface area (Å²) in [7, 11) is 0. The van der Waals surface area contributed by atoms with E-state index < -0.39 is 0 Å². The van der Waals surface area contributed by atoms with E-state index in [0.717, 1.165) is 26.1 Å². The average Bonchev–Trinajstić information content (AvgIpc) is 2.40. The Hall–Kier alpha value is -0.900. The number of hydrogen-bond acceptors (Lipinski definition) is 3. The van der Waals surface area contributed by atoms with Crippen molar-refractivity contribution in [3.63, 3.8) is 0 Å². The molecule has 0 aromatic heterocycles. The lowest BCUT2D eigenvalue weighted by Crippen LogP contribution is -2.32. The Morgan fingerprint density at radius 1 is 1.29 bits per heavy atom. The van der Waals surface area contributed by atoms with Crippen molar-refractivity contribution in [3.05, 3.63) is 35.9 Å². The van der Waals surface area contributed by atoms with Gasteiger partial charge in [-0.15, -0.1) is 0 Å². The predicted molar refractivity (Wildman–Crippen MR) is 72.1 cm³/mol. The van der Waals surface area contributed by atoms with Crippen molar-refractivity contribution in [1.82, 2.24) is 4.90 Å². The summed E-state index contributed by atoms with van der Waals surface area (Å²) >= 11 is 0. The van der Waals surface area contributed by atoms with Crippen LogP contribution in [0, 0.1) is 0 Å². The third kappa shape index (κ3) is 4.86. The monoisotopic (exact) mass is 236 g/mol. The van der Waals surface area contributed by atoms with Gasteiger partial charge in [-0.2, -0.15) is 0 Å². The maximum atomic E-state index is 8.87. The number of likely N-dealkylation sites (N-methyl/N-ethyl adjacent to an activating group) is 1. The summed E-state index contributed by atoms with van der Waals surface area (Å²) in [4.78, 5) is 2.35. The van der Waals surface area contributed by atoms with Crippen LogP contribution in [0.4, 0.5) is 0 Å². The average molecular weight is 236 g/mol. The van der Waals surface area contributed by atoms with Gasteiger partial charge in [0, 0.05) is 32.2 Å². The highest BCUT2D eigenvalue weighted by atomic mass is 16.3. The summed E-state index contributed by atoms with van der Waals surface area (Å²) in [5.74, 6) is 0.384. The van der Waals surface area contributed by atoms with Gasteiger partial charge >= 0.3 is 0 Å². The lowest BCUT2D eigenvalue weighted by atomic mass is 9.98. The predicted octanol–water partition coefficient (Wildman–Crippen LogP) is 1.43. The minimum atomic E-state index is 0.259. The van der Waals surface area contributed by atoms with E-state index in [1.54, 1.807) is 0 Å². The molecule has 1 atom stereocenters. The molecule has 0 heterocycles. The van der Waals surface area contributed by atoms with Crippen LogP contribution in [-0.4, -0.2) is 42.8 Å². The Bertz CT molecular complexity index is 290. The highest BCUT2D eigenvalue weighted by molar-refractivity contribution is 5.20. The van der Waals surface area contributed by atoms with Crippen LogP contribution in [0.2, 0.25) is 0 Å². The molecule has 0 radical (unpaired) electrons. The fourth-order valence-corrected chi connectivity index (χ4v) is 2.03. The largest absolute Gasteiger partial charge is 0.396 e. The molecule has 96 valence electrons. The summed E-state index contributed by atoms with van der Waals surface area (Å²) < 4.78 is 0. The van der Waals surface area contributed by atoms with Crippen LogP contribution in [0.15, 0.2) is 30.3 Å². The number of rotatable bonds is 8. The second-order valence-electron chi connectivity index (χ2n) is 4.31. The van der Waals surface area contributed by atoms with Crippen molar-refractivity contribution < 1.29 is 5.11 Å². The maximum Gasteiger partial charge on any atom is 0.0443 e. The summed E-state index contributed by atoms with van der Waals surface area (Å²) in [6, 6.07) is 10.4. The summed E-state index contributed by atoms with van der Waals surface area (Å²) in [5.41, 5.74) is 7.16. The number of nitrogens with two attached hydrogens (primary N) is 1. The number of aliphatic hydroxyl groups is 1. The number of benzene rings is 1. The van der Waals surface area contributed by atoms with E-state index in [-0.39, 0.29) is 6.61 Å². The molecule has 0 saturated heterocycles. The molecule has 1 rings (SSSR count). The van der Waals surface area contributed by atoms with Crippen LogP contribution >= 0.6 is 0 Å². The second kappa shape index (κ2) is 8.23. The molecule has 17 heavy (non-hydrogen) atoms. The van der Waals surface area contributed by atoms with Crippen molar-refractivity contribution in [2.24, 2.45) is 5.73 Å². The standard InChI is InChI=1S/C14H24N2O/c1-2-16(9-6-10-17)12-14(11-15)13-7-4-3-5-8-13/h3-5,7-8,14,17H,2,6,9-12,15H2,1H3. The fourth-order valence-electron chi connectivity index (χ4n) is 2.03. The van der Waals surface area contributed by atoms with Crippen LogP contribution in [0.25, 0.3) is 0 Å². The Morgan fingerprint density at radius 2 is 2.00 bits per heavy atom. The Kier molecular flexibility index (Phi) is 6.86. The normalized spacial score (nSPS) is 12.9. The maximum absolute atomic E-state index is 8.87. The van der Waals surface area contributed by atoms with Crippen molar-refractivity contribution in [3.8, 4) is 0 Å². The van der Waals surface area contributed by atoms with E-state index in [9.17, 15) is 0 Å². The molecule has 0 aliphatic carbocycles. The molecule has 0 amide bonds. The lowest BCUT2D eigenvalue weighted by Gasteiger charge is -2.25. The van der Waals surface area contributed by atoms with E-state index in [4.69, 9.17) is 10.8 Å². The van der Waals surface area contributed by atoms with Gasteiger partial charge in [0.15, 0.2) is 0 Å². The van der Waals surface area contributed by atoms with Crippen molar-refractivity contribution in [1.29, 1.82) is 0 Å². The van der Waals surface area contributed by atoms with Crippen LogP contribution in [0.5, 0.6) is 0 Å². The van der Waals surface area contributed by atoms with Gasteiger partial charge in [0.2, 0.25) is 0 Å². The van der Waals surface area contributed by atoms with Crippen LogP contribution in [0.1, 0.15) is 24.8 Å². The molecule has 0 aliphatic rings. The lowest BCUT2D eigenvalue weighted by molar-refractivity contribution is 0.222. The molecule has 1 aromatic rings. The Morgan fingerprint density at radius 3 is 2.53 bits per heavy atom. The van der Waals surface area contributed by atoms with Gasteiger partial charge in [0.05, 0.1) is 0 Å². The zero-order valence-electron chi connectivity index (χ0n) is 10.7. The molecule has 0 spiro atoms. The minimum absolute atomic E-state index is 0.259. The molecular formula is C14H24N2O. The first-order valence-electron chi connectivity index (χ1n) is 6.40. The highest BCUT2D eigenvalue weighted by Crippen LogP contribution is 2.15.